The Kier molecular flexibility index (Phi) is 2.57. The molecule has 1 aromatic carbocycles. The third kappa shape index (κ3) is 1.85. The average Bonchev–Trinajstić information content (AvgIpc) is 2.77. The van der Waals surface area contributed by atoms with Gasteiger partial charge in [-0.1, -0.05) is 17.3 Å². The molecule has 1 heterocycles. The van der Waals surface area contributed by atoms with Crippen LogP contribution < -0.4 is 5.73 Å². The van der Waals surface area contributed by atoms with Crippen LogP contribution in [0.1, 0.15) is 26.5 Å². The summed E-state index contributed by atoms with van der Waals surface area (Å²) in [6.45, 7) is 0. The van der Waals surface area contributed by atoms with Gasteiger partial charge in [-0.3, -0.25) is 9.89 Å². The molecule has 2 rings (SSSR count). The molecule has 17 heavy (non-hydrogen) atoms. The molecule has 0 radical (unpaired) electrons. The van der Waals surface area contributed by atoms with Crippen LogP contribution in [0.25, 0.3) is 0 Å². The van der Waals surface area contributed by atoms with Crippen LogP contribution in [0.5, 0.6) is 0 Å². The van der Waals surface area contributed by atoms with Gasteiger partial charge in [0, 0.05) is 11.3 Å². The lowest BCUT2D eigenvalue weighted by Gasteiger charge is -2.01. The van der Waals surface area contributed by atoms with E-state index in [1.54, 1.807) is 18.2 Å². The van der Waals surface area contributed by atoms with Crippen molar-refractivity contribution in [3.8, 4) is 0 Å². The van der Waals surface area contributed by atoms with Crippen molar-refractivity contribution in [1.82, 2.24) is 15.4 Å². The summed E-state index contributed by atoms with van der Waals surface area (Å²) in [5.41, 5.74) is 5.48. The number of carbonyl (C=O) groups is 2. The molecule has 0 bridgehead atoms. The number of carbonyl (C=O) groups excluding carboxylic acids is 1. The molecule has 0 atom stereocenters. The third-order valence-corrected chi connectivity index (χ3v) is 2.18. The van der Waals surface area contributed by atoms with Crippen molar-refractivity contribution in [2.24, 2.45) is 0 Å². The molecule has 7 nitrogen and oxygen atoms in total. The largest absolute Gasteiger partial charge is 0.476 e. The molecule has 0 aliphatic carbocycles. The standard InChI is InChI=1S/C10H8N4O3/c11-6-4-2-1-3-5(6)9(15)7-8(10(16)17)13-14-12-7/h1-4H,11H2,(H,16,17)(H,12,13,14). The second kappa shape index (κ2) is 4.05. The Hall–Kier alpha value is -2.70. The van der Waals surface area contributed by atoms with E-state index in [4.69, 9.17) is 10.8 Å². The van der Waals surface area contributed by atoms with E-state index in [0.29, 0.717) is 0 Å². The molecule has 0 aliphatic rings. The van der Waals surface area contributed by atoms with E-state index in [-0.39, 0.29) is 22.6 Å². The molecule has 1 aromatic heterocycles. The lowest BCUT2D eigenvalue weighted by atomic mass is 10.1. The smallest absolute Gasteiger partial charge is 0.356 e. The number of nitrogen functional groups attached to an aromatic ring is 1. The first-order valence-electron chi connectivity index (χ1n) is 4.65. The minimum absolute atomic E-state index is 0.198. The summed E-state index contributed by atoms with van der Waals surface area (Å²) in [4.78, 5) is 22.8. The van der Waals surface area contributed by atoms with E-state index in [0.717, 1.165) is 0 Å². The van der Waals surface area contributed by atoms with Crippen LogP contribution in [-0.2, 0) is 0 Å². The van der Waals surface area contributed by atoms with Gasteiger partial charge in [0.15, 0.2) is 11.4 Å². The Balaban J connectivity index is 2.48. The summed E-state index contributed by atoms with van der Waals surface area (Å²) in [6, 6.07) is 6.35. The number of nitrogens with zero attached hydrogens (tertiary/aromatic N) is 2. The van der Waals surface area contributed by atoms with Crippen molar-refractivity contribution >= 4 is 17.4 Å². The fraction of sp³-hybridized carbons (Fsp3) is 0. The molecule has 4 N–H and O–H groups in total. The molecule has 0 saturated carbocycles. The summed E-state index contributed by atoms with van der Waals surface area (Å²) in [5.74, 6) is -1.87. The number of H-pyrrole nitrogens is 1. The first-order valence-corrected chi connectivity index (χ1v) is 4.65. The maximum Gasteiger partial charge on any atom is 0.356 e. The van der Waals surface area contributed by atoms with Gasteiger partial charge in [0.05, 0.1) is 0 Å². The number of anilines is 1. The molecule has 7 heteroatoms. The summed E-state index contributed by atoms with van der Waals surface area (Å²) in [5, 5.41) is 17.7. The van der Waals surface area contributed by atoms with Crippen molar-refractivity contribution in [2.45, 2.75) is 0 Å². The Morgan fingerprint density at radius 1 is 1.29 bits per heavy atom. The first kappa shape index (κ1) is 10.8. The summed E-state index contributed by atoms with van der Waals surface area (Å²) in [7, 11) is 0. The molecule has 0 amide bonds. The molecular weight excluding hydrogens is 224 g/mol. The molecular formula is C10H8N4O3. The zero-order valence-corrected chi connectivity index (χ0v) is 8.54. The van der Waals surface area contributed by atoms with Gasteiger partial charge in [0.25, 0.3) is 0 Å². The Morgan fingerprint density at radius 2 is 2.00 bits per heavy atom. The lowest BCUT2D eigenvalue weighted by Crippen LogP contribution is -2.11. The Labute approximate surface area is 95.3 Å². The quantitative estimate of drug-likeness (QED) is 0.517. The van der Waals surface area contributed by atoms with Crippen LogP contribution in [0.4, 0.5) is 5.69 Å². The van der Waals surface area contributed by atoms with Crippen LogP contribution in [0.3, 0.4) is 0 Å². The van der Waals surface area contributed by atoms with E-state index < -0.39 is 11.8 Å². The van der Waals surface area contributed by atoms with Crippen molar-refractivity contribution in [1.29, 1.82) is 0 Å². The predicted molar refractivity (Wildman–Crippen MR) is 57.6 cm³/mol. The number of rotatable bonds is 3. The van der Waals surface area contributed by atoms with Crippen molar-refractivity contribution in [3.63, 3.8) is 0 Å². The van der Waals surface area contributed by atoms with E-state index in [1.807, 2.05) is 0 Å². The number of aromatic carboxylic acids is 1. The van der Waals surface area contributed by atoms with Gasteiger partial charge in [0.2, 0.25) is 5.78 Å². The number of nitrogens with two attached hydrogens (primary N) is 1. The highest BCUT2D eigenvalue weighted by atomic mass is 16.4. The predicted octanol–water partition coefficient (Wildman–Crippen LogP) is 0.316. The topological polar surface area (TPSA) is 122 Å². The molecule has 86 valence electrons. The highest BCUT2D eigenvalue weighted by Crippen LogP contribution is 2.16. The first-order chi connectivity index (χ1) is 8.11. The van der Waals surface area contributed by atoms with E-state index in [2.05, 4.69) is 15.4 Å². The Bertz CT molecular complexity index is 591. The van der Waals surface area contributed by atoms with Gasteiger partial charge >= 0.3 is 5.97 Å². The molecule has 0 fully saturated rings. The van der Waals surface area contributed by atoms with Crippen molar-refractivity contribution in [3.05, 3.63) is 41.2 Å². The zero-order chi connectivity index (χ0) is 12.4. The molecule has 0 saturated heterocycles. The third-order valence-electron chi connectivity index (χ3n) is 2.18. The number of hydrogen-bond donors (Lipinski definition) is 3. The number of nitrogens with one attached hydrogen (secondary N) is 1. The molecule has 2 aromatic rings. The second-order valence-corrected chi connectivity index (χ2v) is 3.26. The zero-order valence-electron chi connectivity index (χ0n) is 8.54. The number of carboxylic acid groups (broad SMARTS) is 1. The van der Waals surface area contributed by atoms with Gasteiger partial charge in [0.1, 0.15) is 0 Å². The maximum atomic E-state index is 12.0. The van der Waals surface area contributed by atoms with Crippen LogP contribution in [0.15, 0.2) is 24.3 Å². The number of carboxylic acids is 1. The number of hydrogen-bond acceptors (Lipinski definition) is 5. The van der Waals surface area contributed by atoms with Gasteiger partial charge in [-0.05, 0) is 12.1 Å². The molecule has 0 spiro atoms. The normalized spacial score (nSPS) is 10.1. The maximum absolute atomic E-state index is 12.0. The number of aromatic amines is 1. The minimum atomic E-state index is -1.30. The minimum Gasteiger partial charge on any atom is -0.476 e. The number of para-hydroxylation sites is 1. The van der Waals surface area contributed by atoms with E-state index >= 15 is 0 Å². The fourth-order valence-electron chi connectivity index (χ4n) is 1.37. The van der Waals surface area contributed by atoms with E-state index in [9.17, 15) is 9.59 Å². The van der Waals surface area contributed by atoms with Crippen LogP contribution in [-0.4, -0.2) is 32.3 Å². The summed E-state index contributed by atoms with van der Waals surface area (Å²) in [6.07, 6.45) is 0. The summed E-state index contributed by atoms with van der Waals surface area (Å²) < 4.78 is 0. The van der Waals surface area contributed by atoms with Crippen molar-refractivity contribution in [2.75, 3.05) is 5.73 Å². The number of aromatic nitrogens is 3. The van der Waals surface area contributed by atoms with Gasteiger partial charge < -0.3 is 10.8 Å². The number of ketones is 1. The number of benzene rings is 1. The van der Waals surface area contributed by atoms with Gasteiger partial charge in [-0.2, -0.15) is 0 Å². The van der Waals surface area contributed by atoms with Gasteiger partial charge in [-0.15, -0.1) is 5.10 Å². The average molecular weight is 232 g/mol. The highest BCUT2D eigenvalue weighted by Gasteiger charge is 2.23. The fourth-order valence-corrected chi connectivity index (χ4v) is 1.37. The second-order valence-electron chi connectivity index (χ2n) is 3.26. The van der Waals surface area contributed by atoms with E-state index in [1.165, 1.54) is 6.07 Å². The monoisotopic (exact) mass is 232 g/mol. The molecule has 0 unspecified atom stereocenters. The van der Waals surface area contributed by atoms with Gasteiger partial charge in [-0.25, -0.2) is 4.79 Å². The lowest BCUT2D eigenvalue weighted by molar-refractivity contribution is 0.0686. The van der Waals surface area contributed by atoms with Crippen LogP contribution in [0, 0.1) is 0 Å². The highest BCUT2D eigenvalue weighted by molar-refractivity contribution is 6.14. The molecule has 0 aliphatic heterocycles. The van der Waals surface area contributed by atoms with Crippen molar-refractivity contribution < 1.29 is 14.7 Å². The summed E-state index contributed by atoms with van der Waals surface area (Å²) >= 11 is 0. The van der Waals surface area contributed by atoms with Crippen LogP contribution >= 0.6 is 0 Å². The van der Waals surface area contributed by atoms with Crippen LogP contribution in [0.2, 0.25) is 0 Å². The Morgan fingerprint density at radius 3 is 2.65 bits per heavy atom. The SMILES string of the molecule is Nc1ccccc1C(=O)c1nn[nH]c1C(=O)O.